The Labute approximate surface area is 135 Å². The van der Waals surface area contributed by atoms with Crippen molar-refractivity contribution in [3.05, 3.63) is 72.8 Å². The summed E-state index contributed by atoms with van der Waals surface area (Å²) in [5, 5.41) is 9.30. The maximum Gasteiger partial charge on any atom is 0.253 e. The summed E-state index contributed by atoms with van der Waals surface area (Å²) in [4.78, 5) is 12.1. The molecule has 0 aliphatic rings. The van der Waals surface area contributed by atoms with Crippen molar-refractivity contribution in [3.63, 3.8) is 0 Å². The molecule has 0 bridgehead atoms. The normalized spacial score (nSPS) is 9.64. The van der Waals surface area contributed by atoms with Crippen molar-refractivity contribution in [2.24, 2.45) is 0 Å². The molecule has 0 aromatic heterocycles. The molecule has 0 atom stereocenters. The number of hydrogen-bond donors (Lipinski definition) is 3. The van der Waals surface area contributed by atoms with Gasteiger partial charge in [-0.2, -0.15) is 0 Å². The van der Waals surface area contributed by atoms with Crippen molar-refractivity contribution in [1.29, 1.82) is 0 Å². The molecule has 4 nitrogen and oxygen atoms in total. The van der Waals surface area contributed by atoms with Gasteiger partial charge < -0.3 is 16.0 Å². The zero-order valence-corrected chi connectivity index (χ0v) is 12.8. The summed E-state index contributed by atoms with van der Waals surface area (Å²) < 4.78 is 0. The number of thiocarbonyl (C=S) groups is 1. The monoisotopic (exact) mass is 311 g/mol. The Morgan fingerprint density at radius 2 is 1.73 bits per heavy atom. The summed E-state index contributed by atoms with van der Waals surface area (Å²) in [6.45, 7) is 4.00. The van der Waals surface area contributed by atoms with Gasteiger partial charge in [0.25, 0.3) is 5.91 Å². The largest absolute Gasteiger partial charge is 0.349 e. The second-order valence-corrected chi connectivity index (χ2v) is 4.90. The molecule has 0 aliphatic heterocycles. The molecule has 0 radical (unpaired) electrons. The van der Waals surface area contributed by atoms with Crippen LogP contribution in [0.3, 0.4) is 0 Å². The lowest BCUT2D eigenvalue weighted by atomic mass is 10.1. The number of rotatable bonds is 5. The summed E-state index contributed by atoms with van der Waals surface area (Å²) in [6.07, 6.45) is 1.63. The van der Waals surface area contributed by atoms with Crippen LogP contribution in [-0.4, -0.2) is 17.6 Å². The predicted octanol–water partition coefficient (Wildman–Crippen LogP) is 3.41. The first-order chi connectivity index (χ1) is 10.7. The molecule has 1 amide bonds. The van der Waals surface area contributed by atoms with Gasteiger partial charge in [-0.05, 0) is 36.5 Å². The van der Waals surface area contributed by atoms with E-state index in [2.05, 4.69) is 22.5 Å². The Bertz CT molecular complexity index is 671. The van der Waals surface area contributed by atoms with Gasteiger partial charge in [0, 0.05) is 12.2 Å². The molecule has 0 fully saturated rings. The fraction of sp³-hybridized carbons (Fsp3) is 0.0588. The Morgan fingerprint density at radius 3 is 2.45 bits per heavy atom. The van der Waals surface area contributed by atoms with Gasteiger partial charge in [-0.3, -0.25) is 4.79 Å². The first kappa shape index (κ1) is 15.7. The molecule has 2 aromatic rings. The highest BCUT2D eigenvalue weighted by Crippen LogP contribution is 2.15. The minimum Gasteiger partial charge on any atom is -0.349 e. The maximum atomic E-state index is 12.1. The Kier molecular flexibility index (Phi) is 5.68. The second kappa shape index (κ2) is 7.95. The predicted molar refractivity (Wildman–Crippen MR) is 95.3 cm³/mol. The van der Waals surface area contributed by atoms with E-state index in [0.29, 0.717) is 22.9 Å². The molecule has 22 heavy (non-hydrogen) atoms. The lowest BCUT2D eigenvalue weighted by molar-refractivity contribution is 0.0959. The molecule has 5 heteroatoms. The number of nitrogens with one attached hydrogen (secondary N) is 3. The second-order valence-electron chi connectivity index (χ2n) is 4.49. The topological polar surface area (TPSA) is 53.2 Å². The number of para-hydroxylation sites is 2. The smallest absolute Gasteiger partial charge is 0.253 e. The third kappa shape index (κ3) is 4.43. The van der Waals surface area contributed by atoms with Crippen LogP contribution in [0.2, 0.25) is 0 Å². The standard InChI is InChI=1S/C17H17N3OS/c1-2-12-18-16(21)14-10-6-7-11-15(14)20-17(22)19-13-8-4-3-5-9-13/h2-11H,1,12H2,(H,18,21)(H2,19,20,22). The first-order valence-corrected chi connectivity index (χ1v) is 7.22. The molecule has 3 N–H and O–H groups in total. The van der Waals surface area contributed by atoms with Crippen LogP contribution in [0, 0.1) is 0 Å². The third-order valence-corrected chi connectivity index (χ3v) is 3.06. The highest BCUT2D eigenvalue weighted by Gasteiger charge is 2.10. The van der Waals surface area contributed by atoms with Crippen LogP contribution in [0.25, 0.3) is 0 Å². The maximum absolute atomic E-state index is 12.1. The van der Waals surface area contributed by atoms with Crippen LogP contribution in [0.5, 0.6) is 0 Å². The van der Waals surface area contributed by atoms with E-state index in [1.54, 1.807) is 12.1 Å². The van der Waals surface area contributed by atoms with Crippen LogP contribution in [-0.2, 0) is 0 Å². The lowest BCUT2D eigenvalue weighted by Gasteiger charge is -2.13. The van der Waals surface area contributed by atoms with Gasteiger partial charge in [0.15, 0.2) is 5.11 Å². The zero-order chi connectivity index (χ0) is 15.8. The lowest BCUT2D eigenvalue weighted by Crippen LogP contribution is -2.26. The van der Waals surface area contributed by atoms with Crippen LogP contribution in [0.4, 0.5) is 11.4 Å². The summed E-state index contributed by atoms with van der Waals surface area (Å²) >= 11 is 5.28. The molecule has 112 valence electrons. The van der Waals surface area contributed by atoms with Crippen LogP contribution >= 0.6 is 12.2 Å². The molecule has 0 unspecified atom stereocenters. The van der Waals surface area contributed by atoms with Crippen molar-refractivity contribution in [2.75, 3.05) is 17.2 Å². The van der Waals surface area contributed by atoms with E-state index >= 15 is 0 Å². The van der Waals surface area contributed by atoms with E-state index in [1.165, 1.54) is 0 Å². The van der Waals surface area contributed by atoms with E-state index in [9.17, 15) is 4.79 Å². The van der Waals surface area contributed by atoms with Gasteiger partial charge in [-0.1, -0.05) is 36.4 Å². The SMILES string of the molecule is C=CCNC(=O)c1ccccc1NC(=S)Nc1ccccc1. The molecule has 0 heterocycles. The van der Waals surface area contributed by atoms with Crippen molar-refractivity contribution in [2.45, 2.75) is 0 Å². The van der Waals surface area contributed by atoms with E-state index in [4.69, 9.17) is 12.2 Å². The average Bonchev–Trinajstić information content (AvgIpc) is 2.54. The third-order valence-electron chi connectivity index (χ3n) is 2.86. The fourth-order valence-electron chi connectivity index (χ4n) is 1.86. The van der Waals surface area contributed by atoms with Gasteiger partial charge in [-0.15, -0.1) is 6.58 Å². The Hall–Kier alpha value is -2.66. The van der Waals surface area contributed by atoms with Gasteiger partial charge in [0.05, 0.1) is 11.3 Å². The Balaban J connectivity index is 2.07. The van der Waals surface area contributed by atoms with Gasteiger partial charge in [0.1, 0.15) is 0 Å². The van der Waals surface area contributed by atoms with Crippen molar-refractivity contribution in [3.8, 4) is 0 Å². The van der Waals surface area contributed by atoms with Crippen molar-refractivity contribution >= 4 is 34.6 Å². The van der Waals surface area contributed by atoms with Crippen LogP contribution < -0.4 is 16.0 Å². The fourth-order valence-corrected chi connectivity index (χ4v) is 2.08. The molecule has 0 saturated heterocycles. The Morgan fingerprint density at radius 1 is 1.05 bits per heavy atom. The number of amides is 1. The van der Waals surface area contributed by atoms with E-state index in [1.807, 2.05) is 48.5 Å². The minimum absolute atomic E-state index is 0.175. The number of benzene rings is 2. The van der Waals surface area contributed by atoms with Gasteiger partial charge in [0.2, 0.25) is 0 Å². The summed E-state index contributed by atoms with van der Waals surface area (Å²) in [5.41, 5.74) is 2.06. The average molecular weight is 311 g/mol. The molecular formula is C17H17N3OS. The molecule has 2 rings (SSSR count). The highest BCUT2D eigenvalue weighted by atomic mass is 32.1. The number of anilines is 2. The summed E-state index contributed by atoms with van der Waals surface area (Å²) in [7, 11) is 0. The quantitative estimate of drug-likeness (QED) is 0.585. The molecule has 0 saturated carbocycles. The summed E-state index contributed by atoms with van der Waals surface area (Å²) in [6, 6.07) is 16.8. The molecular weight excluding hydrogens is 294 g/mol. The number of carbonyl (C=O) groups is 1. The van der Waals surface area contributed by atoms with Gasteiger partial charge in [-0.25, -0.2) is 0 Å². The molecule has 2 aromatic carbocycles. The summed E-state index contributed by atoms with van der Waals surface area (Å²) in [5.74, 6) is -0.175. The minimum atomic E-state index is -0.175. The van der Waals surface area contributed by atoms with Crippen LogP contribution in [0.1, 0.15) is 10.4 Å². The first-order valence-electron chi connectivity index (χ1n) is 6.82. The van der Waals surface area contributed by atoms with Crippen molar-refractivity contribution in [1.82, 2.24) is 5.32 Å². The number of carbonyl (C=O) groups excluding carboxylic acids is 1. The van der Waals surface area contributed by atoms with E-state index in [-0.39, 0.29) is 5.91 Å². The van der Waals surface area contributed by atoms with Gasteiger partial charge >= 0.3 is 0 Å². The van der Waals surface area contributed by atoms with E-state index < -0.39 is 0 Å². The zero-order valence-electron chi connectivity index (χ0n) is 12.0. The van der Waals surface area contributed by atoms with E-state index in [0.717, 1.165) is 5.69 Å². The molecule has 0 aliphatic carbocycles. The molecule has 0 spiro atoms. The van der Waals surface area contributed by atoms with Crippen LogP contribution in [0.15, 0.2) is 67.3 Å². The van der Waals surface area contributed by atoms with Crippen molar-refractivity contribution < 1.29 is 4.79 Å². The highest BCUT2D eigenvalue weighted by molar-refractivity contribution is 7.80. The number of hydrogen-bond acceptors (Lipinski definition) is 2.